The van der Waals surface area contributed by atoms with E-state index in [1.54, 1.807) is 0 Å². The Morgan fingerprint density at radius 3 is 2.36 bits per heavy atom. The van der Waals surface area contributed by atoms with Crippen LogP contribution in [0.4, 0.5) is 4.39 Å². The Bertz CT molecular complexity index is 597. The van der Waals surface area contributed by atoms with Crippen LogP contribution >= 0.6 is 0 Å². The number of carbonyl (C=O) groups is 1. The van der Waals surface area contributed by atoms with Crippen LogP contribution in [0.3, 0.4) is 0 Å². The third-order valence-corrected chi connectivity index (χ3v) is 4.68. The normalized spacial score (nSPS) is 22.7. The number of halogens is 1. The van der Waals surface area contributed by atoms with Crippen molar-refractivity contribution < 1.29 is 18.5 Å². The van der Waals surface area contributed by atoms with Crippen molar-refractivity contribution in [2.75, 3.05) is 0 Å². The average Bonchev–Trinajstić information content (AvgIpc) is 3.17. The monoisotopic (exact) mass is 305 g/mol. The fraction of sp³-hybridized carbons (Fsp3) is 0.562. The summed E-state index contributed by atoms with van der Waals surface area (Å²) in [6.07, 6.45) is 2.02. The van der Waals surface area contributed by atoms with Crippen molar-refractivity contribution in [2.24, 2.45) is 0 Å². The molecule has 0 radical (unpaired) electrons. The quantitative estimate of drug-likeness (QED) is 0.869. The standard InChI is InChI=1S/C16H21BFNO3/c1-15(2)16(3,4)22-17(21-15)12-9-10(5-8-13(12)18)14(20)19-11-6-7-11/h5,8-9,11H,6-7H2,1-4H3,(H,19,20). The summed E-state index contributed by atoms with van der Waals surface area (Å²) >= 11 is 0. The number of nitrogens with one attached hydrogen (secondary N) is 1. The van der Waals surface area contributed by atoms with Crippen molar-refractivity contribution >= 4 is 18.5 Å². The highest BCUT2D eigenvalue weighted by Gasteiger charge is 2.52. The van der Waals surface area contributed by atoms with Gasteiger partial charge in [0.25, 0.3) is 5.91 Å². The second-order valence-corrected chi connectivity index (χ2v) is 7.07. The van der Waals surface area contributed by atoms with Gasteiger partial charge in [-0.2, -0.15) is 0 Å². The van der Waals surface area contributed by atoms with E-state index in [1.165, 1.54) is 18.2 Å². The van der Waals surface area contributed by atoms with Crippen LogP contribution in [0.5, 0.6) is 0 Å². The van der Waals surface area contributed by atoms with Crippen molar-refractivity contribution in [3.8, 4) is 0 Å². The molecule has 1 heterocycles. The molecule has 1 aromatic rings. The van der Waals surface area contributed by atoms with E-state index in [9.17, 15) is 9.18 Å². The predicted octanol–water partition coefficient (Wildman–Crippen LogP) is 2.02. The minimum absolute atomic E-state index is 0.180. The SMILES string of the molecule is CC1(C)OB(c2cc(C(=O)NC3CC3)ccc2F)OC1(C)C. The zero-order chi connectivity index (χ0) is 16.1. The van der Waals surface area contributed by atoms with Gasteiger partial charge in [-0.1, -0.05) is 0 Å². The maximum atomic E-state index is 14.2. The highest BCUT2D eigenvalue weighted by Crippen LogP contribution is 2.36. The molecule has 0 unspecified atom stereocenters. The molecule has 1 amide bonds. The summed E-state index contributed by atoms with van der Waals surface area (Å²) in [4.78, 5) is 12.1. The first-order chi connectivity index (χ1) is 10.2. The van der Waals surface area contributed by atoms with Gasteiger partial charge < -0.3 is 14.6 Å². The molecule has 1 aliphatic heterocycles. The predicted molar refractivity (Wildman–Crippen MR) is 82.6 cm³/mol. The van der Waals surface area contributed by atoms with Crippen LogP contribution in [0.1, 0.15) is 50.9 Å². The summed E-state index contributed by atoms with van der Waals surface area (Å²) in [5.41, 5.74) is -0.396. The molecule has 4 nitrogen and oxygen atoms in total. The molecule has 1 saturated carbocycles. The van der Waals surface area contributed by atoms with Crippen LogP contribution in [0.25, 0.3) is 0 Å². The maximum Gasteiger partial charge on any atom is 0.497 e. The highest BCUT2D eigenvalue weighted by molar-refractivity contribution is 6.62. The van der Waals surface area contributed by atoms with Crippen LogP contribution in [-0.2, 0) is 9.31 Å². The molecule has 2 aliphatic rings. The second kappa shape index (κ2) is 5.06. The van der Waals surface area contributed by atoms with E-state index in [1.807, 2.05) is 27.7 Å². The van der Waals surface area contributed by atoms with Gasteiger partial charge in [-0.3, -0.25) is 4.79 Å². The fourth-order valence-corrected chi connectivity index (χ4v) is 2.33. The molecule has 0 bridgehead atoms. The molecule has 1 aliphatic carbocycles. The van der Waals surface area contributed by atoms with Crippen molar-refractivity contribution in [1.82, 2.24) is 5.32 Å². The van der Waals surface area contributed by atoms with Gasteiger partial charge in [-0.15, -0.1) is 0 Å². The van der Waals surface area contributed by atoms with E-state index < -0.39 is 24.1 Å². The zero-order valence-electron chi connectivity index (χ0n) is 13.4. The largest absolute Gasteiger partial charge is 0.497 e. The average molecular weight is 305 g/mol. The maximum absolute atomic E-state index is 14.2. The number of hydrogen-bond acceptors (Lipinski definition) is 3. The number of benzene rings is 1. The molecule has 2 fully saturated rings. The summed E-state index contributed by atoms with van der Waals surface area (Å²) in [5.74, 6) is -0.610. The Balaban J connectivity index is 1.86. The molecule has 0 spiro atoms. The molecular formula is C16H21BFNO3. The molecular weight excluding hydrogens is 284 g/mol. The van der Waals surface area contributed by atoms with E-state index in [4.69, 9.17) is 9.31 Å². The summed E-state index contributed by atoms with van der Waals surface area (Å²) in [5, 5.41) is 2.90. The van der Waals surface area contributed by atoms with Gasteiger partial charge in [0.05, 0.1) is 11.2 Å². The Labute approximate surface area is 130 Å². The molecule has 1 saturated heterocycles. The smallest absolute Gasteiger partial charge is 0.399 e. The first kappa shape index (κ1) is 15.5. The lowest BCUT2D eigenvalue weighted by Crippen LogP contribution is -2.41. The van der Waals surface area contributed by atoms with Gasteiger partial charge in [0.2, 0.25) is 0 Å². The van der Waals surface area contributed by atoms with E-state index in [0.29, 0.717) is 5.56 Å². The Morgan fingerprint density at radius 2 is 1.82 bits per heavy atom. The summed E-state index contributed by atoms with van der Waals surface area (Å²) < 4.78 is 25.9. The van der Waals surface area contributed by atoms with Gasteiger partial charge in [0, 0.05) is 17.1 Å². The van der Waals surface area contributed by atoms with Gasteiger partial charge in [-0.25, -0.2) is 4.39 Å². The lowest BCUT2D eigenvalue weighted by molar-refractivity contribution is 0.00578. The lowest BCUT2D eigenvalue weighted by Gasteiger charge is -2.32. The molecule has 118 valence electrons. The van der Waals surface area contributed by atoms with Gasteiger partial charge in [0.15, 0.2) is 0 Å². The zero-order valence-corrected chi connectivity index (χ0v) is 13.4. The van der Waals surface area contributed by atoms with Crippen molar-refractivity contribution in [3.63, 3.8) is 0 Å². The highest BCUT2D eigenvalue weighted by atomic mass is 19.1. The first-order valence-electron chi connectivity index (χ1n) is 7.65. The molecule has 22 heavy (non-hydrogen) atoms. The van der Waals surface area contributed by atoms with E-state index in [2.05, 4.69) is 5.32 Å². The minimum Gasteiger partial charge on any atom is -0.399 e. The Kier molecular flexibility index (Phi) is 3.57. The van der Waals surface area contributed by atoms with E-state index >= 15 is 0 Å². The van der Waals surface area contributed by atoms with Gasteiger partial charge >= 0.3 is 7.12 Å². The first-order valence-corrected chi connectivity index (χ1v) is 7.65. The molecule has 1 N–H and O–H groups in total. The summed E-state index contributed by atoms with van der Waals surface area (Å²) in [7, 11) is -0.807. The fourth-order valence-electron chi connectivity index (χ4n) is 2.33. The molecule has 1 aromatic carbocycles. The van der Waals surface area contributed by atoms with Crippen LogP contribution in [0, 0.1) is 5.82 Å². The lowest BCUT2D eigenvalue weighted by atomic mass is 9.78. The van der Waals surface area contributed by atoms with E-state index in [-0.39, 0.29) is 17.4 Å². The number of hydrogen-bond donors (Lipinski definition) is 1. The molecule has 3 rings (SSSR count). The minimum atomic E-state index is -0.807. The number of amides is 1. The topological polar surface area (TPSA) is 47.6 Å². The van der Waals surface area contributed by atoms with Gasteiger partial charge in [0.1, 0.15) is 5.82 Å². The van der Waals surface area contributed by atoms with Crippen molar-refractivity contribution in [3.05, 3.63) is 29.6 Å². The Hall–Kier alpha value is -1.40. The molecule has 0 atom stereocenters. The van der Waals surface area contributed by atoms with Gasteiger partial charge in [-0.05, 0) is 58.7 Å². The van der Waals surface area contributed by atoms with E-state index in [0.717, 1.165) is 12.8 Å². The third kappa shape index (κ3) is 2.77. The summed E-state index contributed by atoms with van der Waals surface area (Å²) in [6, 6.07) is 4.57. The second-order valence-electron chi connectivity index (χ2n) is 7.07. The number of carbonyl (C=O) groups excluding carboxylic acids is 1. The number of rotatable bonds is 3. The van der Waals surface area contributed by atoms with Crippen molar-refractivity contribution in [2.45, 2.75) is 57.8 Å². The van der Waals surface area contributed by atoms with Crippen LogP contribution < -0.4 is 10.8 Å². The van der Waals surface area contributed by atoms with Crippen LogP contribution in [0.2, 0.25) is 0 Å². The summed E-state index contributed by atoms with van der Waals surface area (Å²) in [6.45, 7) is 7.65. The molecule has 6 heteroatoms. The molecule has 0 aromatic heterocycles. The van der Waals surface area contributed by atoms with Crippen LogP contribution in [0.15, 0.2) is 18.2 Å². The van der Waals surface area contributed by atoms with Crippen LogP contribution in [-0.4, -0.2) is 30.3 Å². The third-order valence-electron chi connectivity index (χ3n) is 4.68. The Morgan fingerprint density at radius 1 is 1.23 bits per heavy atom. The van der Waals surface area contributed by atoms with Crippen molar-refractivity contribution in [1.29, 1.82) is 0 Å².